The Morgan fingerprint density at radius 1 is 1.33 bits per heavy atom. The molecule has 0 aromatic carbocycles. The molecule has 0 bridgehead atoms. The standard InChI is InChI=1S/C11H14N2O2/c1-11(4-2-3-5-11)10-12-6-8(7-13-10)9(14)15/h6-7H,2-5H2,1H3,(H,14,15). The molecule has 1 aromatic heterocycles. The number of aromatic carboxylic acids is 1. The predicted molar refractivity (Wildman–Crippen MR) is 54.8 cm³/mol. The fourth-order valence-electron chi connectivity index (χ4n) is 2.13. The maximum atomic E-state index is 10.6. The molecule has 1 aliphatic carbocycles. The lowest BCUT2D eigenvalue weighted by Gasteiger charge is -2.20. The van der Waals surface area contributed by atoms with Crippen molar-refractivity contribution in [1.82, 2.24) is 9.97 Å². The minimum Gasteiger partial charge on any atom is -0.478 e. The van der Waals surface area contributed by atoms with Gasteiger partial charge < -0.3 is 5.11 Å². The molecule has 0 spiro atoms. The maximum Gasteiger partial charge on any atom is 0.338 e. The first-order valence-electron chi connectivity index (χ1n) is 5.18. The van der Waals surface area contributed by atoms with Crippen molar-refractivity contribution in [1.29, 1.82) is 0 Å². The summed E-state index contributed by atoms with van der Waals surface area (Å²) in [6.07, 6.45) is 7.41. The highest BCUT2D eigenvalue weighted by molar-refractivity contribution is 5.86. The molecule has 0 radical (unpaired) electrons. The number of hydrogen-bond donors (Lipinski definition) is 1. The molecular formula is C11H14N2O2. The van der Waals surface area contributed by atoms with Crippen molar-refractivity contribution >= 4 is 5.97 Å². The van der Waals surface area contributed by atoms with Crippen LogP contribution in [0.1, 0.15) is 48.8 Å². The zero-order chi connectivity index (χ0) is 10.9. The molecule has 0 amide bonds. The first kappa shape index (κ1) is 10.1. The monoisotopic (exact) mass is 206 g/mol. The van der Waals surface area contributed by atoms with Crippen LogP contribution in [0.5, 0.6) is 0 Å². The Hall–Kier alpha value is -1.45. The average molecular weight is 206 g/mol. The molecule has 4 heteroatoms. The molecule has 1 saturated carbocycles. The van der Waals surface area contributed by atoms with Gasteiger partial charge in [0.15, 0.2) is 0 Å². The molecule has 0 saturated heterocycles. The van der Waals surface area contributed by atoms with E-state index in [1.807, 2.05) is 0 Å². The summed E-state index contributed by atoms with van der Waals surface area (Å²) in [6.45, 7) is 2.15. The molecular weight excluding hydrogens is 192 g/mol. The van der Waals surface area contributed by atoms with Crippen LogP contribution in [0.15, 0.2) is 12.4 Å². The fourth-order valence-corrected chi connectivity index (χ4v) is 2.13. The van der Waals surface area contributed by atoms with Crippen molar-refractivity contribution < 1.29 is 9.90 Å². The van der Waals surface area contributed by atoms with Gasteiger partial charge >= 0.3 is 5.97 Å². The summed E-state index contributed by atoms with van der Waals surface area (Å²) in [4.78, 5) is 19.0. The molecule has 4 nitrogen and oxygen atoms in total. The van der Waals surface area contributed by atoms with Gasteiger partial charge in [0.2, 0.25) is 0 Å². The highest BCUT2D eigenvalue weighted by Crippen LogP contribution is 2.38. The van der Waals surface area contributed by atoms with Crippen LogP contribution >= 0.6 is 0 Å². The number of aromatic nitrogens is 2. The van der Waals surface area contributed by atoms with Crippen molar-refractivity contribution in [3.63, 3.8) is 0 Å². The van der Waals surface area contributed by atoms with Crippen LogP contribution in [0, 0.1) is 0 Å². The lowest BCUT2D eigenvalue weighted by molar-refractivity contribution is 0.0695. The van der Waals surface area contributed by atoms with Gasteiger partial charge in [0, 0.05) is 17.8 Å². The van der Waals surface area contributed by atoms with Crippen LogP contribution in [0.4, 0.5) is 0 Å². The molecule has 0 atom stereocenters. The number of carboxylic acid groups (broad SMARTS) is 1. The molecule has 2 rings (SSSR count). The second kappa shape index (κ2) is 3.61. The van der Waals surface area contributed by atoms with E-state index in [9.17, 15) is 4.79 Å². The van der Waals surface area contributed by atoms with Gasteiger partial charge in [-0.15, -0.1) is 0 Å². The number of nitrogens with zero attached hydrogens (tertiary/aromatic N) is 2. The Balaban J connectivity index is 2.26. The Bertz CT molecular complexity index is 367. The van der Waals surface area contributed by atoms with E-state index < -0.39 is 5.97 Å². The largest absolute Gasteiger partial charge is 0.478 e. The maximum absolute atomic E-state index is 10.6. The van der Waals surface area contributed by atoms with E-state index in [2.05, 4.69) is 16.9 Å². The van der Waals surface area contributed by atoms with Gasteiger partial charge in [0.1, 0.15) is 5.82 Å². The molecule has 0 unspecified atom stereocenters. The lowest BCUT2D eigenvalue weighted by Crippen LogP contribution is -2.20. The van der Waals surface area contributed by atoms with Crippen LogP contribution < -0.4 is 0 Å². The first-order valence-corrected chi connectivity index (χ1v) is 5.18. The minimum atomic E-state index is -0.974. The summed E-state index contributed by atoms with van der Waals surface area (Å²) in [5, 5.41) is 8.73. The van der Waals surface area contributed by atoms with E-state index in [-0.39, 0.29) is 11.0 Å². The van der Waals surface area contributed by atoms with E-state index in [1.165, 1.54) is 25.2 Å². The minimum absolute atomic E-state index is 0.0526. The van der Waals surface area contributed by atoms with Crippen LogP contribution in [0.3, 0.4) is 0 Å². The van der Waals surface area contributed by atoms with E-state index in [0.29, 0.717) is 0 Å². The topological polar surface area (TPSA) is 63.1 Å². The Morgan fingerprint density at radius 2 is 1.87 bits per heavy atom. The molecule has 1 fully saturated rings. The van der Waals surface area contributed by atoms with E-state index in [4.69, 9.17) is 5.11 Å². The van der Waals surface area contributed by atoms with Gasteiger partial charge in [0.05, 0.1) is 5.56 Å². The number of hydrogen-bond acceptors (Lipinski definition) is 3. The molecule has 1 aromatic rings. The van der Waals surface area contributed by atoms with Gasteiger partial charge in [-0.05, 0) is 12.8 Å². The van der Waals surface area contributed by atoms with Crippen LogP contribution in [0.25, 0.3) is 0 Å². The summed E-state index contributed by atoms with van der Waals surface area (Å²) in [5.74, 6) is -0.192. The zero-order valence-corrected chi connectivity index (χ0v) is 8.73. The van der Waals surface area contributed by atoms with Crippen molar-refractivity contribution in [2.75, 3.05) is 0 Å². The molecule has 80 valence electrons. The number of carboxylic acids is 1. The van der Waals surface area contributed by atoms with Crippen LogP contribution in [-0.4, -0.2) is 21.0 Å². The van der Waals surface area contributed by atoms with E-state index in [0.717, 1.165) is 18.7 Å². The van der Waals surface area contributed by atoms with Crippen LogP contribution in [-0.2, 0) is 5.41 Å². The highest BCUT2D eigenvalue weighted by atomic mass is 16.4. The molecule has 1 aliphatic rings. The van der Waals surface area contributed by atoms with E-state index >= 15 is 0 Å². The summed E-state index contributed by atoms with van der Waals surface area (Å²) in [7, 11) is 0. The summed E-state index contributed by atoms with van der Waals surface area (Å²) in [5.41, 5.74) is 0.206. The summed E-state index contributed by atoms with van der Waals surface area (Å²) < 4.78 is 0. The molecule has 15 heavy (non-hydrogen) atoms. The van der Waals surface area contributed by atoms with Crippen molar-refractivity contribution in [2.24, 2.45) is 0 Å². The quantitative estimate of drug-likeness (QED) is 0.803. The SMILES string of the molecule is CC1(c2ncc(C(=O)O)cn2)CCCC1. The Labute approximate surface area is 88.4 Å². The summed E-state index contributed by atoms with van der Waals surface area (Å²) >= 11 is 0. The van der Waals surface area contributed by atoms with Crippen molar-refractivity contribution in [3.05, 3.63) is 23.8 Å². The second-order valence-electron chi connectivity index (χ2n) is 4.37. The van der Waals surface area contributed by atoms with Crippen molar-refractivity contribution in [2.45, 2.75) is 38.0 Å². The normalized spacial score (nSPS) is 19.0. The summed E-state index contributed by atoms with van der Waals surface area (Å²) in [6, 6.07) is 0. The number of rotatable bonds is 2. The van der Waals surface area contributed by atoms with Crippen LogP contribution in [0.2, 0.25) is 0 Å². The fraction of sp³-hybridized carbons (Fsp3) is 0.545. The van der Waals surface area contributed by atoms with Gasteiger partial charge in [-0.1, -0.05) is 19.8 Å². The predicted octanol–water partition coefficient (Wildman–Crippen LogP) is 2.01. The third-order valence-corrected chi connectivity index (χ3v) is 3.15. The second-order valence-corrected chi connectivity index (χ2v) is 4.37. The zero-order valence-electron chi connectivity index (χ0n) is 8.73. The Kier molecular flexibility index (Phi) is 2.42. The Morgan fingerprint density at radius 3 is 2.33 bits per heavy atom. The van der Waals surface area contributed by atoms with Gasteiger partial charge in [0.25, 0.3) is 0 Å². The third kappa shape index (κ3) is 1.84. The van der Waals surface area contributed by atoms with Gasteiger partial charge in [-0.3, -0.25) is 0 Å². The van der Waals surface area contributed by atoms with Gasteiger partial charge in [-0.25, -0.2) is 14.8 Å². The highest BCUT2D eigenvalue weighted by Gasteiger charge is 2.33. The number of carbonyl (C=O) groups is 1. The van der Waals surface area contributed by atoms with E-state index in [1.54, 1.807) is 0 Å². The smallest absolute Gasteiger partial charge is 0.338 e. The van der Waals surface area contributed by atoms with Gasteiger partial charge in [-0.2, -0.15) is 0 Å². The molecule has 1 N–H and O–H groups in total. The molecule has 0 aliphatic heterocycles. The average Bonchev–Trinajstić information content (AvgIpc) is 2.67. The van der Waals surface area contributed by atoms with Crippen molar-refractivity contribution in [3.8, 4) is 0 Å². The lowest BCUT2D eigenvalue weighted by atomic mass is 9.88. The first-order chi connectivity index (χ1) is 7.12. The molecule has 1 heterocycles. The third-order valence-electron chi connectivity index (χ3n) is 3.15.